The number of nitrogens with zero attached hydrogens (tertiary/aromatic N) is 2. The number of rotatable bonds is 5. The maximum Gasteiger partial charge on any atom is 0.339 e. The van der Waals surface area contributed by atoms with Gasteiger partial charge >= 0.3 is 11.9 Å². The van der Waals surface area contributed by atoms with E-state index in [1.807, 2.05) is 84.7 Å². The molecule has 0 aliphatic carbocycles. The van der Waals surface area contributed by atoms with Gasteiger partial charge < -0.3 is 9.47 Å². The van der Waals surface area contributed by atoms with Crippen molar-refractivity contribution in [2.75, 3.05) is 14.2 Å². The third-order valence-corrected chi connectivity index (χ3v) is 6.84. The van der Waals surface area contributed by atoms with E-state index in [2.05, 4.69) is 24.3 Å². The first kappa shape index (κ1) is 24.1. The summed E-state index contributed by atoms with van der Waals surface area (Å²) in [6.45, 7) is 5.79. The van der Waals surface area contributed by atoms with Gasteiger partial charge in [0.25, 0.3) is 0 Å². The Balaban J connectivity index is 1.85. The molecular weight excluding hydrogens is 464 g/mol. The Morgan fingerprint density at radius 1 is 0.595 bits per heavy atom. The third-order valence-electron chi connectivity index (χ3n) is 6.84. The predicted octanol–water partition coefficient (Wildman–Crippen LogP) is 6.59. The lowest BCUT2D eigenvalue weighted by atomic mass is 10.0. The third kappa shape index (κ3) is 4.10. The van der Waals surface area contributed by atoms with E-state index in [9.17, 15) is 9.59 Å². The smallest absolute Gasteiger partial charge is 0.339 e. The molecule has 6 nitrogen and oxygen atoms in total. The Kier molecular flexibility index (Phi) is 6.17. The highest BCUT2D eigenvalue weighted by Gasteiger charge is 2.26. The van der Waals surface area contributed by atoms with Gasteiger partial charge in [-0.05, 0) is 49.7 Å². The molecule has 0 aliphatic rings. The summed E-state index contributed by atoms with van der Waals surface area (Å²) < 4.78 is 14.2. The number of aromatic nitrogens is 2. The number of carbonyl (C=O) groups excluding carboxylic acids is 2. The van der Waals surface area contributed by atoms with E-state index < -0.39 is 11.9 Å². The number of fused-ring (bicyclic) bond motifs is 1. The molecule has 0 saturated heterocycles. The summed E-state index contributed by atoms with van der Waals surface area (Å²) in [5.41, 5.74) is 6.89. The monoisotopic (exact) mass is 492 g/mol. The predicted molar refractivity (Wildman–Crippen MR) is 145 cm³/mol. The summed E-state index contributed by atoms with van der Waals surface area (Å²) in [7, 11) is 2.75. The maximum atomic E-state index is 12.8. The van der Waals surface area contributed by atoms with Crippen molar-refractivity contribution in [2.24, 2.45) is 0 Å². The van der Waals surface area contributed by atoms with E-state index in [4.69, 9.17) is 9.47 Å². The van der Waals surface area contributed by atoms with Gasteiger partial charge in [-0.3, -0.25) is 9.35 Å². The molecule has 6 heteroatoms. The second-order valence-electron chi connectivity index (χ2n) is 9.09. The van der Waals surface area contributed by atoms with Crippen molar-refractivity contribution in [3.8, 4) is 22.5 Å². The SMILES string of the molecule is COC(=O)c1cc(-c2ccc(C)cc2)n(-n2c(-c3ccc4ccccc4c3)cc(C(=O)OC)c2C)c1C. The molecule has 0 saturated carbocycles. The topological polar surface area (TPSA) is 62.5 Å². The van der Waals surface area contributed by atoms with Gasteiger partial charge in [-0.25, -0.2) is 9.59 Å². The van der Waals surface area contributed by atoms with Crippen molar-refractivity contribution in [2.45, 2.75) is 20.8 Å². The van der Waals surface area contributed by atoms with Crippen molar-refractivity contribution in [3.63, 3.8) is 0 Å². The number of ether oxygens (including phenoxy) is 2. The minimum absolute atomic E-state index is 0.421. The normalized spacial score (nSPS) is 11.1. The molecule has 0 atom stereocenters. The summed E-state index contributed by atoms with van der Waals surface area (Å²) in [4.78, 5) is 25.5. The Hall–Kier alpha value is -4.58. The highest BCUT2D eigenvalue weighted by molar-refractivity contribution is 5.95. The van der Waals surface area contributed by atoms with E-state index in [1.54, 1.807) is 0 Å². The van der Waals surface area contributed by atoms with Crippen molar-refractivity contribution in [1.82, 2.24) is 9.35 Å². The molecule has 0 fully saturated rings. The van der Waals surface area contributed by atoms with Crippen molar-refractivity contribution >= 4 is 22.7 Å². The van der Waals surface area contributed by atoms with Crippen LogP contribution in [0.4, 0.5) is 0 Å². The molecule has 0 unspecified atom stereocenters. The van der Waals surface area contributed by atoms with E-state index in [0.717, 1.165) is 38.9 Å². The van der Waals surface area contributed by atoms with E-state index in [1.165, 1.54) is 14.2 Å². The lowest BCUT2D eigenvalue weighted by Gasteiger charge is -2.20. The van der Waals surface area contributed by atoms with Crippen LogP contribution in [-0.4, -0.2) is 35.5 Å². The fourth-order valence-corrected chi connectivity index (χ4v) is 4.83. The van der Waals surface area contributed by atoms with E-state index >= 15 is 0 Å². The number of esters is 2. The Morgan fingerprint density at radius 2 is 1.08 bits per heavy atom. The van der Waals surface area contributed by atoms with Crippen molar-refractivity contribution in [1.29, 1.82) is 0 Å². The molecule has 0 aliphatic heterocycles. The van der Waals surface area contributed by atoms with Gasteiger partial charge in [0.15, 0.2) is 0 Å². The van der Waals surface area contributed by atoms with Gasteiger partial charge in [0.1, 0.15) is 0 Å². The van der Waals surface area contributed by atoms with Crippen LogP contribution >= 0.6 is 0 Å². The average Bonchev–Trinajstić information content (AvgIpc) is 3.44. The van der Waals surface area contributed by atoms with Crippen LogP contribution < -0.4 is 0 Å². The largest absolute Gasteiger partial charge is 0.465 e. The van der Waals surface area contributed by atoms with Gasteiger partial charge in [-0.1, -0.05) is 66.2 Å². The minimum Gasteiger partial charge on any atom is -0.465 e. The molecule has 0 spiro atoms. The Labute approximate surface area is 215 Å². The van der Waals surface area contributed by atoms with Crippen molar-refractivity contribution in [3.05, 3.63) is 107 Å². The van der Waals surface area contributed by atoms with Gasteiger partial charge in [-0.15, -0.1) is 0 Å². The lowest BCUT2D eigenvalue weighted by molar-refractivity contribution is 0.0590. The fourth-order valence-electron chi connectivity index (χ4n) is 4.83. The van der Waals surface area contributed by atoms with Crippen molar-refractivity contribution < 1.29 is 19.1 Å². The Morgan fingerprint density at radius 3 is 1.62 bits per heavy atom. The van der Waals surface area contributed by atoms with Crippen LogP contribution in [0.5, 0.6) is 0 Å². The van der Waals surface area contributed by atoms with E-state index in [-0.39, 0.29) is 0 Å². The van der Waals surface area contributed by atoms with Crippen LogP contribution in [0.2, 0.25) is 0 Å². The molecule has 0 amide bonds. The molecule has 5 rings (SSSR count). The molecule has 0 N–H and O–H groups in total. The first-order chi connectivity index (χ1) is 17.8. The lowest BCUT2D eigenvalue weighted by Crippen LogP contribution is -2.17. The summed E-state index contributed by atoms with van der Waals surface area (Å²) >= 11 is 0. The van der Waals surface area contributed by atoms with E-state index in [0.29, 0.717) is 22.5 Å². The first-order valence-corrected chi connectivity index (χ1v) is 12.0. The van der Waals surface area contributed by atoms with Crippen LogP contribution in [0.25, 0.3) is 33.3 Å². The molecular formula is C31H28N2O4. The van der Waals surface area contributed by atoms with Gasteiger partial charge in [-0.2, -0.15) is 0 Å². The molecule has 3 aromatic carbocycles. The van der Waals surface area contributed by atoms with Crippen LogP contribution in [0.15, 0.2) is 78.9 Å². The quantitative estimate of drug-likeness (QED) is 0.260. The first-order valence-electron chi connectivity index (χ1n) is 12.0. The zero-order valence-corrected chi connectivity index (χ0v) is 21.5. The zero-order valence-electron chi connectivity index (χ0n) is 21.5. The number of methoxy groups -OCH3 is 2. The number of hydrogen-bond acceptors (Lipinski definition) is 4. The summed E-state index contributed by atoms with van der Waals surface area (Å²) in [5.74, 6) is -0.844. The summed E-state index contributed by atoms with van der Waals surface area (Å²) in [6, 6.07) is 26.2. The standard InChI is InChI=1S/C31H28N2O4/c1-19-10-12-23(13-11-19)28-17-26(30(34)36-4)20(2)32(28)33-21(3)27(31(35)37-5)18-29(33)25-15-14-22-8-6-7-9-24(22)16-25/h6-18H,1-5H3. The molecule has 186 valence electrons. The maximum absolute atomic E-state index is 12.8. The van der Waals surface area contributed by atoms with Crippen LogP contribution in [0, 0.1) is 20.8 Å². The minimum atomic E-state index is -0.423. The number of carbonyl (C=O) groups is 2. The van der Waals surface area contributed by atoms with Crippen LogP contribution in [-0.2, 0) is 9.47 Å². The number of aryl methyl sites for hydroxylation is 1. The summed E-state index contributed by atoms with van der Waals surface area (Å²) in [6.07, 6.45) is 0. The zero-order chi connectivity index (χ0) is 26.3. The number of benzene rings is 3. The molecule has 0 radical (unpaired) electrons. The van der Waals surface area contributed by atoms with Crippen LogP contribution in [0.3, 0.4) is 0 Å². The van der Waals surface area contributed by atoms with Gasteiger partial charge in [0.05, 0.1) is 48.1 Å². The van der Waals surface area contributed by atoms with Gasteiger partial charge in [0, 0.05) is 11.1 Å². The molecule has 37 heavy (non-hydrogen) atoms. The van der Waals surface area contributed by atoms with Gasteiger partial charge in [0.2, 0.25) is 0 Å². The Bertz CT molecular complexity index is 1660. The highest BCUT2D eigenvalue weighted by atomic mass is 16.5. The second-order valence-corrected chi connectivity index (χ2v) is 9.09. The average molecular weight is 493 g/mol. The molecule has 0 bridgehead atoms. The molecule has 2 heterocycles. The fraction of sp³-hybridized carbons (Fsp3) is 0.161. The highest BCUT2D eigenvalue weighted by Crippen LogP contribution is 2.34. The molecule has 5 aromatic rings. The number of hydrogen-bond donors (Lipinski definition) is 0. The van der Waals surface area contributed by atoms with Crippen LogP contribution in [0.1, 0.15) is 37.7 Å². The summed E-state index contributed by atoms with van der Waals surface area (Å²) in [5, 5.41) is 2.21. The molecule has 2 aromatic heterocycles. The second kappa shape index (κ2) is 9.47.